The van der Waals surface area contributed by atoms with Crippen molar-refractivity contribution in [3.63, 3.8) is 0 Å². The molecular formula is C27H23ClF3N3O3S. The first kappa shape index (κ1) is 27.3. The fraction of sp³-hybridized carbons (Fsp3) is 0.185. The van der Waals surface area contributed by atoms with Crippen LogP contribution in [-0.2, 0) is 11.0 Å². The Hall–Kier alpha value is -3.76. The van der Waals surface area contributed by atoms with E-state index >= 15 is 0 Å². The van der Waals surface area contributed by atoms with E-state index in [9.17, 15) is 18.0 Å². The lowest BCUT2D eigenvalue weighted by molar-refractivity contribution is -0.137. The molecule has 6 nitrogen and oxygen atoms in total. The quantitative estimate of drug-likeness (QED) is 0.265. The molecule has 11 heteroatoms. The van der Waals surface area contributed by atoms with Gasteiger partial charge in [-0.05, 0) is 74.0 Å². The van der Waals surface area contributed by atoms with Crippen LogP contribution in [0.2, 0.25) is 5.02 Å². The van der Waals surface area contributed by atoms with E-state index in [4.69, 9.17) is 21.1 Å². The smallest absolute Gasteiger partial charge is 0.418 e. The molecule has 0 radical (unpaired) electrons. The van der Waals surface area contributed by atoms with Crippen LogP contribution < -0.4 is 19.7 Å². The number of carbonyl (C=O) groups is 1. The molecule has 0 aliphatic rings. The van der Waals surface area contributed by atoms with Gasteiger partial charge in [-0.2, -0.15) is 13.2 Å². The highest BCUT2D eigenvalue weighted by Crippen LogP contribution is 2.36. The number of aryl methyl sites for hydroxylation is 1. The number of amides is 1. The van der Waals surface area contributed by atoms with Gasteiger partial charge in [-0.25, -0.2) is 9.67 Å². The number of hydrogen-bond acceptors (Lipinski definition) is 5. The van der Waals surface area contributed by atoms with E-state index in [1.807, 2.05) is 0 Å². The zero-order valence-electron chi connectivity index (χ0n) is 20.5. The van der Waals surface area contributed by atoms with Crippen LogP contribution in [0.3, 0.4) is 0 Å². The molecule has 4 aromatic rings. The van der Waals surface area contributed by atoms with Gasteiger partial charge >= 0.3 is 6.18 Å². The first-order valence-electron chi connectivity index (χ1n) is 11.4. The number of carbonyl (C=O) groups excluding carboxylic acids is 1. The lowest BCUT2D eigenvalue weighted by Crippen LogP contribution is -2.39. The van der Waals surface area contributed by atoms with Crippen LogP contribution in [0.25, 0.3) is 11.3 Å². The number of para-hydroxylation sites is 1. The van der Waals surface area contributed by atoms with E-state index in [1.165, 1.54) is 22.9 Å². The van der Waals surface area contributed by atoms with Crippen molar-refractivity contribution in [2.45, 2.75) is 26.1 Å². The Bertz CT molecular complexity index is 1510. The maximum atomic E-state index is 13.6. The van der Waals surface area contributed by atoms with Crippen LogP contribution in [-0.4, -0.2) is 23.8 Å². The third-order valence-corrected chi connectivity index (χ3v) is 6.61. The van der Waals surface area contributed by atoms with Gasteiger partial charge in [-0.3, -0.25) is 10.2 Å². The van der Waals surface area contributed by atoms with Crippen molar-refractivity contribution in [3.8, 4) is 22.8 Å². The van der Waals surface area contributed by atoms with Crippen molar-refractivity contribution in [3.05, 3.63) is 93.1 Å². The second kappa shape index (κ2) is 11.3. The predicted octanol–water partition coefficient (Wildman–Crippen LogP) is 6.98. The summed E-state index contributed by atoms with van der Waals surface area (Å²) in [4.78, 5) is 17.6. The molecule has 1 amide bonds. The van der Waals surface area contributed by atoms with E-state index in [-0.39, 0.29) is 10.5 Å². The summed E-state index contributed by atoms with van der Waals surface area (Å²) in [5.41, 5.74) is 3.55. The summed E-state index contributed by atoms with van der Waals surface area (Å²) < 4.78 is 53.2. The highest BCUT2D eigenvalue weighted by Gasteiger charge is 2.33. The minimum absolute atomic E-state index is 0.135. The molecular weight excluding hydrogens is 539 g/mol. The zero-order valence-corrected chi connectivity index (χ0v) is 22.1. The van der Waals surface area contributed by atoms with Crippen LogP contribution in [0.5, 0.6) is 11.5 Å². The first-order valence-corrected chi connectivity index (χ1v) is 12.6. The monoisotopic (exact) mass is 561 g/mol. The first-order chi connectivity index (χ1) is 18.1. The number of nitrogens with one attached hydrogen (secondary N) is 1. The third-order valence-electron chi connectivity index (χ3n) is 5.55. The van der Waals surface area contributed by atoms with Crippen LogP contribution in [0.4, 0.5) is 18.9 Å². The molecule has 4 rings (SSSR count). The Balaban J connectivity index is 1.75. The van der Waals surface area contributed by atoms with Crippen molar-refractivity contribution in [2.75, 3.05) is 12.5 Å². The lowest BCUT2D eigenvalue weighted by Gasteiger charge is -2.18. The molecule has 0 saturated carbocycles. The van der Waals surface area contributed by atoms with Gasteiger partial charge < -0.3 is 9.47 Å². The SMILES string of the molecule is COc1ccc(-c2csc(=Nc3ccccc3C(F)(F)F)n2NC(=O)C(C)Oc2ccc(Cl)cc2C)cc1. The molecule has 0 aliphatic heterocycles. The van der Waals surface area contributed by atoms with Gasteiger partial charge in [0.05, 0.1) is 24.1 Å². The van der Waals surface area contributed by atoms with Gasteiger partial charge in [-0.15, -0.1) is 11.3 Å². The van der Waals surface area contributed by atoms with Crippen LogP contribution in [0.15, 0.2) is 77.1 Å². The number of alkyl halides is 3. The minimum Gasteiger partial charge on any atom is -0.497 e. The molecule has 0 saturated heterocycles. The van der Waals surface area contributed by atoms with Crippen LogP contribution in [0, 0.1) is 6.92 Å². The Morgan fingerprint density at radius 3 is 2.47 bits per heavy atom. The fourth-order valence-corrected chi connectivity index (χ4v) is 4.65. The molecule has 3 aromatic carbocycles. The second-order valence-electron chi connectivity index (χ2n) is 8.24. The summed E-state index contributed by atoms with van der Waals surface area (Å²) in [7, 11) is 1.54. The van der Waals surface area contributed by atoms with Gasteiger partial charge in [0.15, 0.2) is 6.10 Å². The normalized spacial score (nSPS) is 12.8. The molecule has 0 bridgehead atoms. The van der Waals surface area contributed by atoms with Crippen molar-refractivity contribution >= 4 is 34.5 Å². The molecule has 0 fully saturated rings. The maximum Gasteiger partial charge on any atom is 0.418 e. The number of methoxy groups -OCH3 is 1. The van der Waals surface area contributed by atoms with Crippen molar-refractivity contribution in [2.24, 2.45) is 4.99 Å². The van der Waals surface area contributed by atoms with Gasteiger partial charge in [0.1, 0.15) is 11.5 Å². The number of halogens is 4. The van der Waals surface area contributed by atoms with E-state index in [0.717, 1.165) is 23.0 Å². The third kappa shape index (κ3) is 6.20. The molecule has 1 heterocycles. The number of rotatable bonds is 7. The van der Waals surface area contributed by atoms with Gasteiger partial charge in [0.2, 0.25) is 4.80 Å². The van der Waals surface area contributed by atoms with E-state index in [2.05, 4.69) is 10.4 Å². The summed E-state index contributed by atoms with van der Waals surface area (Å²) in [6.45, 7) is 3.37. The minimum atomic E-state index is -4.59. The maximum absolute atomic E-state index is 13.6. The lowest BCUT2D eigenvalue weighted by atomic mass is 10.1. The summed E-state index contributed by atoms with van der Waals surface area (Å²) in [6.07, 6.45) is -5.54. The number of hydrogen-bond donors (Lipinski definition) is 1. The number of ether oxygens (including phenoxy) is 2. The Labute approximate surface area is 225 Å². The summed E-state index contributed by atoms with van der Waals surface area (Å²) >= 11 is 7.09. The van der Waals surface area contributed by atoms with Crippen LogP contribution >= 0.6 is 22.9 Å². The van der Waals surface area contributed by atoms with Crippen molar-refractivity contribution < 1.29 is 27.4 Å². The summed E-state index contributed by atoms with van der Waals surface area (Å²) in [5.74, 6) is 0.578. The number of benzene rings is 3. The Kier molecular flexibility index (Phi) is 8.13. The summed E-state index contributed by atoms with van der Waals surface area (Å²) in [6, 6.07) is 17.1. The second-order valence-corrected chi connectivity index (χ2v) is 9.51. The van der Waals surface area contributed by atoms with Crippen molar-refractivity contribution in [1.29, 1.82) is 0 Å². The highest BCUT2D eigenvalue weighted by atomic mass is 35.5. The largest absolute Gasteiger partial charge is 0.497 e. The Morgan fingerprint density at radius 2 is 1.82 bits per heavy atom. The van der Waals surface area contributed by atoms with Gasteiger partial charge in [-0.1, -0.05) is 23.7 Å². The molecule has 1 aromatic heterocycles. The average molecular weight is 562 g/mol. The number of thiazole rings is 1. The molecule has 1 atom stereocenters. The zero-order chi connectivity index (χ0) is 27.4. The highest BCUT2D eigenvalue weighted by molar-refractivity contribution is 7.07. The topological polar surface area (TPSA) is 64.8 Å². The van der Waals surface area contributed by atoms with Gasteiger partial charge in [0, 0.05) is 16.0 Å². The van der Waals surface area contributed by atoms with E-state index < -0.39 is 23.8 Å². The standard InChI is InChI=1S/C27H23ClF3N3O3S/c1-16-14-19(28)10-13-24(16)37-17(2)25(35)33-34-23(18-8-11-20(36-3)12-9-18)15-38-26(34)32-22-7-5-4-6-21(22)27(29,30)31/h4-15,17H,1-3H3,(H,33,35). The van der Waals surface area contributed by atoms with Crippen molar-refractivity contribution in [1.82, 2.24) is 4.68 Å². The molecule has 38 heavy (non-hydrogen) atoms. The molecule has 0 aliphatic carbocycles. The van der Waals surface area contributed by atoms with E-state index in [1.54, 1.807) is 68.8 Å². The molecule has 1 unspecified atom stereocenters. The molecule has 0 spiro atoms. The predicted molar refractivity (Wildman–Crippen MR) is 142 cm³/mol. The number of aromatic nitrogens is 1. The summed E-state index contributed by atoms with van der Waals surface area (Å²) in [5, 5.41) is 2.24. The number of nitrogens with zero attached hydrogens (tertiary/aromatic N) is 2. The fourth-order valence-electron chi connectivity index (χ4n) is 3.56. The Morgan fingerprint density at radius 1 is 1.11 bits per heavy atom. The molecule has 198 valence electrons. The van der Waals surface area contributed by atoms with Crippen LogP contribution in [0.1, 0.15) is 18.1 Å². The molecule has 1 N–H and O–H groups in total. The van der Waals surface area contributed by atoms with E-state index in [0.29, 0.717) is 27.8 Å². The average Bonchev–Trinajstić information content (AvgIpc) is 3.27. The van der Waals surface area contributed by atoms with Gasteiger partial charge in [0.25, 0.3) is 5.91 Å².